The predicted molar refractivity (Wildman–Crippen MR) is 84.0 cm³/mol. The van der Waals surface area contributed by atoms with Crippen molar-refractivity contribution >= 4 is 27.3 Å². The third-order valence-electron chi connectivity index (χ3n) is 2.77. The predicted octanol–water partition coefficient (Wildman–Crippen LogP) is 3.60. The van der Waals surface area contributed by atoms with E-state index < -0.39 is 0 Å². The van der Waals surface area contributed by atoms with Crippen LogP contribution in [0.5, 0.6) is 5.75 Å². The van der Waals surface area contributed by atoms with Crippen LogP contribution in [0.4, 0.5) is 0 Å². The number of aromatic nitrogens is 2. The molecule has 0 saturated heterocycles. The van der Waals surface area contributed by atoms with E-state index in [1.165, 1.54) is 0 Å². The minimum absolute atomic E-state index is 0.238. The highest BCUT2D eigenvalue weighted by Crippen LogP contribution is 2.30. The number of hydrogen-bond acceptors (Lipinski definition) is 6. The van der Waals surface area contributed by atoms with Crippen LogP contribution >= 0.6 is 27.3 Å². The first-order valence-electron chi connectivity index (χ1n) is 6.24. The molecule has 21 heavy (non-hydrogen) atoms. The summed E-state index contributed by atoms with van der Waals surface area (Å²) in [5.74, 6) is 1.69. The van der Waals surface area contributed by atoms with Gasteiger partial charge in [0.05, 0.1) is 8.66 Å². The second-order valence-corrected chi connectivity index (χ2v) is 6.70. The van der Waals surface area contributed by atoms with Crippen LogP contribution < -0.4 is 10.5 Å². The van der Waals surface area contributed by atoms with E-state index in [4.69, 9.17) is 14.9 Å². The van der Waals surface area contributed by atoms with E-state index >= 15 is 0 Å². The number of hydrogen-bond donors (Lipinski definition) is 1. The van der Waals surface area contributed by atoms with Crippen molar-refractivity contribution in [1.82, 2.24) is 10.2 Å². The van der Waals surface area contributed by atoms with Gasteiger partial charge in [0, 0.05) is 6.54 Å². The van der Waals surface area contributed by atoms with E-state index in [-0.39, 0.29) is 6.61 Å². The molecule has 0 spiro atoms. The first-order chi connectivity index (χ1) is 10.2. The topological polar surface area (TPSA) is 74.2 Å². The first kappa shape index (κ1) is 14.2. The Balaban J connectivity index is 1.64. The molecule has 2 heterocycles. The second-order valence-electron chi connectivity index (χ2n) is 4.24. The smallest absolute Gasteiger partial charge is 0.257 e. The van der Waals surface area contributed by atoms with Crippen LogP contribution in [0.15, 0.2) is 44.6 Å². The van der Waals surface area contributed by atoms with Crippen molar-refractivity contribution in [2.24, 2.45) is 5.73 Å². The van der Waals surface area contributed by atoms with Crippen LogP contribution in [0.3, 0.4) is 0 Å². The summed E-state index contributed by atoms with van der Waals surface area (Å²) in [6.07, 6.45) is 0. The van der Waals surface area contributed by atoms with Crippen molar-refractivity contribution in [2.45, 2.75) is 13.2 Å². The molecule has 0 unspecified atom stereocenters. The van der Waals surface area contributed by atoms with Gasteiger partial charge < -0.3 is 14.9 Å². The number of nitrogens with zero attached hydrogens (tertiary/aromatic N) is 2. The first-order valence-corrected chi connectivity index (χ1v) is 7.85. The molecule has 0 fully saturated rings. The molecule has 0 amide bonds. The molecule has 3 rings (SSSR count). The molecule has 0 aliphatic carbocycles. The highest BCUT2D eigenvalue weighted by atomic mass is 79.9. The Morgan fingerprint density at radius 3 is 2.62 bits per heavy atom. The lowest BCUT2D eigenvalue weighted by molar-refractivity contribution is 0.264. The Morgan fingerprint density at radius 2 is 1.95 bits per heavy atom. The standard InChI is InChI=1S/C14H12BrN3O2S/c15-12-6-5-11(21-12)14-18-17-13(20-14)8-19-10-3-1-9(7-16)2-4-10/h1-6H,7-8,16H2. The third kappa shape index (κ3) is 3.49. The van der Waals surface area contributed by atoms with Gasteiger partial charge >= 0.3 is 0 Å². The molecule has 2 aromatic heterocycles. The lowest BCUT2D eigenvalue weighted by Gasteiger charge is -2.03. The van der Waals surface area contributed by atoms with Gasteiger partial charge in [-0.2, -0.15) is 0 Å². The molecule has 3 aromatic rings. The molecule has 108 valence electrons. The van der Waals surface area contributed by atoms with Gasteiger partial charge in [0.2, 0.25) is 0 Å². The maximum Gasteiger partial charge on any atom is 0.257 e. The van der Waals surface area contributed by atoms with E-state index in [1.807, 2.05) is 36.4 Å². The number of halogens is 1. The lowest BCUT2D eigenvalue weighted by Crippen LogP contribution is -1.98. The Hall–Kier alpha value is -1.70. The van der Waals surface area contributed by atoms with Crippen LogP contribution in [-0.2, 0) is 13.2 Å². The van der Waals surface area contributed by atoms with Crippen molar-refractivity contribution in [3.63, 3.8) is 0 Å². The molecule has 0 saturated carbocycles. The fraction of sp³-hybridized carbons (Fsp3) is 0.143. The number of benzene rings is 1. The fourth-order valence-electron chi connectivity index (χ4n) is 1.71. The van der Waals surface area contributed by atoms with E-state index in [9.17, 15) is 0 Å². The molecule has 2 N–H and O–H groups in total. The molecule has 5 nitrogen and oxygen atoms in total. The van der Waals surface area contributed by atoms with Crippen molar-refractivity contribution in [2.75, 3.05) is 0 Å². The van der Waals surface area contributed by atoms with Crippen molar-refractivity contribution in [1.29, 1.82) is 0 Å². The van der Waals surface area contributed by atoms with Crippen LogP contribution in [0, 0.1) is 0 Å². The average Bonchev–Trinajstić information content (AvgIpc) is 3.14. The van der Waals surface area contributed by atoms with Crippen LogP contribution in [0.2, 0.25) is 0 Å². The minimum atomic E-state index is 0.238. The van der Waals surface area contributed by atoms with E-state index in [0.29, 0.717) is 18.3 Å². The summed E-state index contributed by atoms with van der Waals surface area (Å²) in [5.41, 5.74) is 6.61. The normalized spacial score (nSPS) is 10.8. The molecule has 0 radical (unpaired) electrons. The highest BCUT2D eigenvalue weighted by Gasteiger charge is 2.11. The molecular weight excluding hydrogens is 354 g/mol. The van der Waals surface area contributed by atoms with Gasteiger partial charge in [-0.25, -0.2) is 0 Å². The summed E-state index contributed by atoms with van der Waals surface area (Å²) in [6, 6.07) is 11.5. The largest absolute Gasteiger partial charge is 0.484 e. The average molecular weight is 366 g/mol. The summed E-state index contributed by atoms with van der Waals surface area (Å²) in [6.45, 7) is 0.755. The fourth-order valence-corrected chi connectivity index (χ4v) is 3.01. The molecule has 0 atom stereocenters. The summed E-state index contributed by atoms with van der Waals surface area (Å²) in [5, 5.41) is 8.00. The quantitative estimate of drug-likeness (QED) is 0.747. The van der Waals surface area contributed by atoms with E-state index in [2.05, 4.69) is 26.1 Å². The zero-order valence-corrected chi connectivity index (χ0v) is 13.4. The zero-order valence-electron chi connectivity index (χ0n) is 11.0. The van der Waals surface area contributed by atoms with Gasteiger partial charge in [-0.15, -0.1) is 21.5 Å². The summed E-state index contributed by atoms with van der Waals surface area (Å²) >= 11 is 4.94. The number of rotatable bonds is 5. The van der Waals surface area contributed by atoms with Gasteiger partial charge in [0.1, 0.15) is 5.75 Å². The number of ether oxygens (including phenoxy) is 1. The molecular formula is C14H12BrN3O2S. The van der Waals surface area contributed by atoms with Gasteiger partial charge in [-0.05, 0) is 45.8 Å². The molecule has 7 heteroatoms. The SMILES string of the molecule is NCc1ccc(OCc2nnc(-c3ccc(Br)s3)o2)cc1. The zero-order chi connectivity index (χ0) is 14.7. The molecule has 0 bridgehead atoms. The summed E-state index contributed by atoms with van der Waals surface area (Å²) < 4.78 is 12.2. The molecule has 0 aliphatic heterocycles. The van der Waals surface area contributed by atoms with Gasteiger partial charge in [0.25, 0.3) is 11.8 Å². The third-order valence-corrected chi connectivity index (χ3v) is 4.38. The van der Waals surface area contributed by atoms with Gasteiger partial charge in [-0.3, -0.25) is 0 Å². The Bertz CT molecular complexity index is 724. The van der Waals surface area contributed by atoms with Crippen molar-refractivity contribution in [3.05, 3.63) is 51.6 Å². The monoisotopic (exact) mass is 365 g/mol. The van der Waals surface area contributed by atoms with Crippen molar-refractivity contribution < 1.29 is 9.15 Å². The van der Waals surface area contributed by atoms with E-state index in [0.717, 1.165) is 20.0 Å². The second kappa shape index (κ2) is 6.38. The Morgan fingerprint density at radius 1 is 1.14 bits per heavy atom. The van der Waals surface area contributed by atoms with E-state index in [1.54, 1.807) is 11.3 Å². The van der Waals surface area contributed by atoms with Gasteiger partial charge in [0.15, 0.2) is 6.61 Å². The number of nitrogens with two attached hydrogens (primary N) is 1. The lowest BCUT2D eigenvalue weighted by atomic mass is 10.2. The Kier molecular flexibility index (Phi) is 4.33. The van der Waals surface area contributed by atoms with Gasteiger partial charge in [-0.1, -0.05) is 12.1 Å². The maximum atomic E-state index is 5.60. The molecule has 0 aliphatic rings. The number of thiophene rings is 1. The van der Waals surface area contributed by atoms with Crippen LogP contribution in [-0.4, -0.2) is 10.2 Å². The highest BCUT2D eigenvalue weighted by molar-refractivity contribution is 9.11. The Labute approximate surface area is 133 Å². The van der Waals surface area contributed by atoms with Crippen LogP contribution in [0.25, 0.3) is 10.8 Å². The minimum Gasteiger partial charge on any atom is -0.484 e. The summed E-state index contributed by atoms with van der Waals surface area (Å²) in [4.78, 5) is 0.924. The van der Waals surface area contributed by atoms with Crippen molar-refractivity contribution in [3.8, 4) is 16.5 Å². The molecule has 1 aromatic carbocycles. The summed E-state index contributed by atoms with van der Waals surface area (Å²) in [7, 11) is 0. The van der Waals surface area contributed by atoms with Crippen LogP contribution in [0.1, 0.15) is 11.5 Å². The maximum absolute atomic E-state index is 5.60.